The van der Waals surface area contributed by atoms with E-state index in [0.29, 0.717) is 25.6 Å². The third kappa shape index (κ3) is 4.83. The minimum absolute atomic E-state index is 0.123. The maximum Gasteiger partial charge on any atom is 0.256 e. The Morgan fingerprint density at radius 2 is 1.93 bits per heavy atom. The summed E-state index contributed by atoms with van der Waals surface area (Å²) in [5.41, 5.74) is -0.200. The number of hydrogen-bond donors (Lipinski definition) is 1. The van der Waals surface area contributed by atoms with E-state index in [-0.39, 0.29) is 18.1 Å². The number of amides is 1. The predicted molar refractivity (Wildman–Crippen MR) is 99.5 cm³/mol. The lowest BCUT2D eigenvalue weighted by Crippen LogP contribution is -2.57. The van der Waals surface area contributed by atoms with Crippen molar-refractivity contribution in [1.82, 2.24) is 14.7 Å². The van der Waals surface area contributed by atoms with Gasteiger partial charge in [0, 0.05) is 51.9 Å². The monoisotopic (exact) mass is 381 g/mol. The maximum atomic E-state index is 14.0. The van der Waals surface area contributed by atoms with Crippen molar-refractivity contribution in [1.29, 1.82) is 0 Å². The summed E-state index contributed by atoms with van der Waals surface area (Å²) in [7, 11) is 2.12. The highest BCUT2D eigenvalue weighted by Gasteiger charge is 2.36. The van der Waals surface area contributed by atoms with Gasteiger partial charge in [-0.15, -0.1) is 0 Å². The molecule has 1 amide bonds. The fraction of sp³-hybridized carbons (Fsp3) is 0.650. The average molecular weight is 381 g/mol. The van der Waals surface area contributed by atoms with E-state index in [4.69, 9.17) is 0 Å². The van der Waals surface area contributed by atoms with Crippen LogP contribution in [0.15, 0.2) is 18.2 Å². The molecule has 2 atom stereocenters. The molecule has 0 aliphatic carbocycles. The number of nitrogens with zero attached hydrogens (tertiary/aromatic N) is 3. The molecule has 1 aromatic rings. The van der Waals surface area contributed by atoms with Crippen LogP contribution in [0.3, 0.4) is 0 Å². The number of aliphatic hydroxyl groups is 1. The second-order valence-corrected chi connectivity index (χ2v) is 7.70. The standard InChI is InChI=1S/C20H29F2N3O2/c1-23-8-10-24(11-9-23)19-6-7-25(14-15(19)3-2-12-26)20(27)17-13-16(21)4-5-18(17)22/h4-5,13,15,19,26H,2-3,6-12,14H2,1H3/t15-,19+/m0/s1. The summed E-state index contributed by atoms with van der Waals surface area (Å²) in [6, 6.07) is 3.37. The van der Waals surface area contributed by atoms with E-state index in [0.717, 1.165) is 57.2 Å². The molecular weight excluding hydrogens is 352 g/mol. The number of benzene rings is 1. The van der Waals surface area contributed by atoms with Crippen LogP contribution in [0.5, 0.6) is 0 Å². The van der Waals surface area contributed by atoms with E-state index in [1.807, 2.05) is 0 Å². The zero-order chi connectivity index (χ0) is 19.4. The molecule has 2 aliphatic heterocycles. The minimum atomic E-state index is -0.686. The molecule has 5 nitrogen and oxygen atoms in total. The van der Waals surface area contributed by atoms with Gasteiger partial charge in [-0.25, -0.2) is 8.78 Å². The number of carbonyl (C=O) groups is 1. The lowest BCUT2D eigenvalue weighted by molar-refractivity contribution is 0.0216. The molecule has 0 unspecified atom stereocenters. The van der Waals surface area contributed by atoms with E-state index in [2.05, 4.69) is 16.8 Å². The first kappa shape index (κ1) is 20.2. The Labute approximate surface area is 159 Å². The molecule has 1 N–H and O–H groups in total. The maximum absolute atomic E-state index is 14.0. The number of piperidine rings is 1. The lowest BCUT2D eigenvalue weighted by atomic mass is 9.86. The fourth-order valence-electron chi connectivity index (χ4n) is 4.31. The van der Waals surface area contributed by atoms with Gasteiger partial charge in [0.05, 0.1) is 5.56 Å². The Balaban J connectivity index is 1.71. The molecular formula is C20H29F2N3O2. The largest absolute Gasteiger partial charge is 0.396 e. The quantitative estimate of drug-likeness (QED) is 0.845. The van der Waals surface area contributed by atoms with E-state index in [1.165, 1.54) is 0 Å². The summed E-state index contributed by atoms with van der Waals surface area (Å²) in [5, 5.41) is 9.26. The van der Waals surface area contributed by atoms with Crippen molar-refractivity contribution >= 4 is 5.91 Å². The minimum Gasteiger partial charge on any atom is -0.396 e. The molecule has 2 fully saturated rings. The van der Waals surface area contributed by atoms with Crippen LogP contribution in [0, 0.1) is 17.6 Å². The Morgan fingerprint density at radius 3 is 2.63 bits per heavy atom. The molecule has 2 heterocycles. The van der Waals surface area contributed by atoms with Crippen molar-refractivity contribution in [2.24, 2.45) is 5.92 Å². The normalized spacial score (nSPS) is 25.0. The molecule has 0 bridgehead atoms. The number of aliphatic hydroxyl groups excluding tert-OH is 1. The second kappa shape index (κ2) is 9.08. The van der Waals surface area contributed by atoms with E-state index in [9.17, 15) is 18.7 Å². The highest BCUT2D eigenvalue weighted by Crippen LogP contribution is 2.28. The zero-order valence-electron chi connectivity index (χ0n) is 15.9. The third-order valence-electron chi connectivity index (χ3n) is 5.88. The molecule has 1 aromatic carbocycles. The summed E-state index contributed by atoms with van der Waals surface area (Å²) < 4.78 is 27.5. The number of hydrogen-bond acceptors (Lipinski definition) is 4. The van der Waals surface area contributed by atoms with Crippen molar-refractivity contribution < 1.29 is 18.7 Å². The third-order valence-corrected chi connectivity index (χ3v) is 5.88. The van der Waals surface area contributed by atoms with Crippen LogP contribution in [-0.2, 0) is 0 Å². The molecule has 2 saturated heterocycles. The summed E-state index contributed by atoms with van der Waals surface area (Å²) in [6.45, 7) is 5.25. The van der Waals surface area contributed by atoms with Gasteiger partial charge < -0.3 is 14.9 Å². The van der Waals surface area contributed by atoms with Crippen LogP contribution in [0.2, 0.25) is 0 Å². The predicted octanol–water partition coefficient (Wildman–Crippen LogP) is 1.82. The van der Waals surface area contributed by atoms with E-state index < -0.39 is 17.5 Å². The Kier molecular flexibility index (Phi) is 6.78. The second-order valence-electron chi connectivity index (χ2n) is 7.70. The number of likely N-dealkylation sites (tertiary alicyclic amines) is 1. The first-order chi connectivity index (χ1) is 13.0. The number of carbonyl (C=O) groups excluding carboxylic acids is 1. The summed E-state index contributed by atoms with van der Waals surface area (Å²) in [4.78, 5) is 19.2. The first-order valence-electron chi connectivity index (χ1n) is 9.77. The molecule has 150 valence electrons. The SMILES string of the molecule is CN1CCN([C@@H]2CCN(C(=O)c3cc(F)ccc3F)C[C@@H]2CCCO)CC1. The van der Waals surface area contributed by atoms with Gasteiger partial charge in [-0.2, -0.15) is 0 Å². The Morgan fingerprint density at radius 1 is 1.19 bits per heavy atom. The van der Waals surface area contributed by atoms with Gasteiger partial charge in [-0.3, -0.25) is 9.69 Å². The van der Waals surface area contributed by atoms with Gasteiger partial charge in [0.1, 0.15) is 11.6 Å². The molecule has 2 aliphatic rings. The van der Waals surface area contributed by atoms with Crippen molar-refractivity contribution in [3.8, 4) is 0 Å². The highest BCUT2D eigenvalue weighted by atomic mass is 19.1. The van der Waals surface area contributed by atoms with Crippen molar-refractivity contribution in [2.45, 2.75) is 25.3 Å². The van der Waals surface area contributed by atoms with Gasteiger partial charge >= 0.3 is 0 Å². The molecule has 0 radical (unpaired) electrons. The molecule has 7 heteroatoms. The summed E-state index contributed by atoms with van der Waals surface area (Å²) >= 11 is 0. The Hall–Kier alpha value is -1.57. The molecule has 27 heavy (non-hydrogen) atoms. The first-order valence-corrected chi connectivity index (χ1v) is 9.77. The summed E-state index contributed by atoms with van der Waals surface area (Å²) in [5.74, 6) is -1.51. The zero-order valence-corrected chi connectivity index (χ0v) is 15.9. The van der Waals surface area contributed by atoms with Crippen LogP contribution < -0.4 is 0 Å². The van der Waals surface area contributed by atoms with E-state index >= 15 is 0 Å². The van der Waals surface area contributed by atoms with Crippen molar-refractivity contribution in [3.05, 3.63) is 35.4 Å². The Bertz CT molecular complexity index is 650. The van der Waals surface area contributed by atoms with E-state index in [1.54, 1.807) is 4.90 Å². The van der Waals surface area contributed by atoms with Crippen molar-refractivity contribution in [3.63, 3.8) is 0 Å². The number of halogens is 2. The fourth-order valence-corrected chi connectivity index (χ4v) is 4.31. The molecule has 0 saturated carbocycles. The molecule has 0 spiro atoms. The van der Waals surface area contributed by atoms with Crippen LogP contribution >= 0.6 is 0 Å². The average Bonchev–Trinajstić information content (AvgIpc) is 2.68. The smallest absolute Gasteiger partial charge is 0.256 e. The molecule has 0 aromatic heterocycles. The van der Waals surface area contributed by atoms with Crippen molar-refractivity contribution in [2.75, 3.05) is 52.9 Å². The number of piperazine rings is 1. The summed E-state index contributed by atoms with van der Waals surface area (Å²) in [6.07, 6.45) is 2.33. The topological polar surface area (TPSA) is 47.0 Å². The lowest BCUT2D eigenvalue weighted by Gasteiger charge is -2.46. The van der Waals surface area contributed by atoms with Gasteiger partial charge in [0.15, 0.2) is 0 Å². The highest BCUT2D eigenvalue weighted by molar-refractivity contribution is 5.94. The molecule has 3 rings (SSSR count). The van der Waals surface area contributed by atoms with Crippen LogP contribution in [0.1, 0.15) is 29.6 Å². The van der Waals surface area contributed by atoms with Gasteiger partial charge in [-0.1, -0.05) is 0 Å². The van der Waals surface area contributed by atoms with Crippen LogP contribution in [0.25, 0.3) is 0 Å². The van der Waals surface area contributed by atoms with Gasteiger partial charge in [-0.05, 0) is 50.4 Å². The van der Waals surface area contributed by atoms with Gasteiger partial charge in [0.2, 0.25) is 0 Å². The number of likely N-dealkylation sites (N-methyl/N-ethyl adjacent to an activating group) is 1. The van der Waals surface area contributed by atoms with Crippen LogP contribution in [0.4, 0.5) is 8.78 Å². The number of rotatable bonds is 5. The van der Waals surface area contributed by atoms with Gasteiger partial charge in [0.25, 0.3) is 5.91 Å². The van der Waals surface area contributed by atoms with Crippen LogP contribution in [-0.4, -0.2) is 84.7 Å².